The molecule has 0 aliphatic heterocycles. The van der Waals surface area contributed by atoms with Crippen LogP contribution in [-0.4, -0.2) is 184 Å². The fraction of sp³-hybridized carbons (Fsp3) is 0.529. The fourth-order valence-corrected chi connectivity index (χ4v) is 11.5. The van der Waals surface area contributed by atoms with E-state index >= 15 is 0 Å². The number of phenolic OH excluding ortho intramolecular Hbond substituents is 2. The maximum Gasteiger partial charge on any atom is 0.245 e. The molecule has 27 N–H and O–H groups in total. The van der Waals surface area contributed by atoms with Crippen LogP contribution in [0.15, 0.2) is 70.6 Å². The second-order valence-electron chi connectivity index (χ2n) is 26.6. The second-order valence-corrected chi connectivity index (χ2v) is 27.4. The molecule has 0 bridgehead atoms. The van der Waals surface area contributed by atoms with Crippen LogP contribution in [-0.2, 0) is 81.6 Å². The van der Waals surface area contributed by atoms with Gasteiger partial charge >= 0.3 is 0 Å². The molecule has 0 aliphatic rings. The Morgan fingerprint density at radius 3 is 1.34 bits per heavy atom. The second kappa shape index (κ2) is 45.1. The lowest BCUT2D eigenvalue weighted by Crippen LogP contribution is -2.63. The largest absolute Gasteiger partial charge is 0.508 e. The third-order valence-corrected chi connectivity index (χ3v) is 17.9. The third kappa shape index (κ3) is 32.0. The molecular formula is C70H105Cl2N19O16. The molecule has 0 heterocycles. The van der Waals surface area contributed by atoms with Crippen LogP contribution in [0.3, 0.4) is 0 Å². The lowest BCUT2D eigenvalue weighted by atomic mass is 9.95. The molecule has 3 aromatic rings. The number of carbonyl (C=O) groups excluding carboxylic acids is 13. The summed E-state index contributed by atoms with van der Waals surface area (Å²) < 4.78 is 0. The summed E-state index contributed by atoms with van der Waals surface area (Å²) in [5, 5.41) is 57.8. The quantitative estimate of drug-likeness (QED) is 0.0164. The summed E-state index contributed by atoms with van der Waals surface area (Å²) in [5.74, 6) is -15.1. The number of aromatic hydroxyl groups is 2. The van der Waals surface area contributed by atoms with Crippen molar-refractivity contribution in [3.63, 3.8) is 0 Å². The zero-order chi connectivity index (χ0) is 80.5. The summed E-state index contributed by atoms with van der Waals surface area (Å²) in [6.07, 6.45) is -3.73. The Hall–Kier alpha value is -10.6. The van der Waals surface area contributed by atoms with Gasteiger partial charge in [0.25, 0.3) is 0 Å². The summed E-state index contributed by atoms with van der Waals surface area (Å²) in [5.41, 5.74) is 40.8. The standard InChI is InChI=1S/C70H105Cl2N19O16/c1-9-35(5)56(89-65(104)51(82-38(8)93)31-40-20-24-53(95)41(29-40)32-43-44(71)14-11-15-45(43)72)66(105)88-52(33-55(74)97)63(102)87-50(28-34(3)4)64(103)90-57(36(6)10-2)67(106)91-58(37(7)92)68(107)85-47(17-13-27-81-70(78)79)60(99)84-48(23-25-54(73)96)62(101)83-46(16-12-26-80-69(76)77)61(100)86-49(59(75)98)30-39-18-21-42(94)22-19-39/h11,14-15,18-22,24,29,34-37,46-52,56-58,92,94-95H,9-10,12-13,16-17,23,25-28,30-33H2,1-8H3,(H2,73,96)(H2,74,97)(H2,75,98)(H,82,93)(H,83,101)(H,84,99)(H,85,107)(H,86,100)(H,87,102)(H,88,105)(H,89,104)(H,90,103)(H,91,106)(H4,76,77,80)(H4,78,79,81)/t35-,36-,37-,46-,47-,48-,49-,50-,51-,52-,56-,57-,58+/m0/s1. The molecule has 590 valence electrons. The molecule has 0 fully saturated rings. The van der Waals surface area contributed by atoms with Gasteiger partial charge in [0.2, 0.25) is 76.8 Å². The minimum absolute atomic E-state index is 0.0246. The van der Waals surface area contributed by atoms with Crippen LogP contribution >= 0.6 is 23.2 Å². The first-order valence-electron chi connectivity index (χ1n) is 34.9. The first-order valence-corrected chi connectivity index (χ1v) is 35.7. The average molecular weight is 1540 g/mol. The van der Waals surface area contributed by atoms with E-state index in [0.717, 1.165) is 6.92 Å². The molecule has 37 heteroatoms. The third-order valence-electron chi connectivity index (χ3n) is 17.2. The van der Waals surface area contributed by atoms with E-state index in [1.807, 2.05) is 0 Å². The van der Waals surface area contributed by atoms with Crippen molar-refractivity contribution in [2.75, 3.05) is 13.1 Å². The number of phenols is 2. The number of guanidine groups is 2. The van der Waals surface area contributed by atoms with E-state index < -0.39 is 174 Å². The first-order chi connectivity index (χ1) is 50.2. The molecule has 3 aromatic carbocycles. The van der Waals surface area contributed by atoms with Gasteiger partial charge in [-0.2, -0.15) is 0 Å². The summed E-state index contributed by atoms with van der Waals surface area (Å²) >= 11 is 12.8. The number of aliphatic hydroxyl groups excluding tert-OH is 1. The van der Waals surface area contributed by atoms with Crippen molar-refractivity contribution in [1.82, 2.24) is 53.2 Å². The van der Waals surface area contributed by atoms with Crippen molar-refractivity contribution in [2.24, 2.45) is 67.9 Å². The highest BCUT2D eigenvalue weighted by atomic mass is 35.5. The van der Waals surface area contributed by atoms with Crippen molar-refractivity contribution in [1.29, 1.82) is 0 Å². The normalized spacial score (nSPS) is 14.7. The van der Waals surface area contributed by atoms with E-state index in [1.165, 1.54) is 43.3 Å². The van der Waals surface area contributed by atoms with Crippen molar-refractivity contribution in [2.45, 2.75) is 205 Å². The number of rotatable bonds is 46. The molecule has 0 saturated carbocycles. The van der Waals surface area contributed by atoms with Gasteiger partial charge < -0.3 is 109 Å². The van der Waals surface area contributed by atoms with Gasteiger partial charge in [0, 0.05) is 55.7 Å². The molecule has 0 unspecified atom stereocenters. The number of nitrogens with two attached hydrogens (primary N) is 7. The topological polar surface area (TPSA) is 610 Å². The molecule has 0 aromatic heterocycles. The molecule has 13 atom stereocenters. The highest BCUT2D eigenvalue weighted by Crippen LogP contribution is 2.31. The van der Waals surface area contributed by atoms with Gasteiger partial charge in [-0.3, -0.25) is 72.3 Å². The van der Waals surface area contributed by atoms with E-state index in [2.05, 4.69) is 63.2 Å². The molecular weight excluding hydrogens is 1430 g/mol. The lowest BCUT2D eigenvalue weighted by molar-refractivity contribution is -0.138. The summed E-state index contributed by atoms with van der Waals surface area (Å²) in [7, 11) is 0. The molecule has 107 heavy (non-hydrogen) atoms. The molecule has 0 aliphatic carbocycles. The molecule has 13 amide bonds. The number of aliphatic hydroxyl groups is 1. The van der Waals surface area contributed by atoms with Crippen LogP contribution in [0.5, 0.6) is 11.5 Å². The van der Waals surface area contributed by atoms with Gasteiger partial charge in [-0.05, 0) is 116 Å². The highest BCUT2D eigenvalue weighted by Gasteiger charge is 2.39. The van der Waals surface area contributed by atoms with Crippen LogP contribution in [0.4, 0.5) is 0 Å². The number of benzene rings is 3. The maximum absolute atomic E-state index is 14.6. The van der Waals surface area contributed by atoms with E-state index in [9.17, 15) is 77.6 Å². The van der Waals surface area contributed by atoms with E-state index in [1.54, 1.807) is 65.8 Å². The number of carbonyl (C=O) groups is 13. The SMILES string of the molecule is CC[C@H](C)[C@H](NC(=O)[C@H](Cc1ccc(O)c(Cc2c(Cl)cccc2Cl)c1)NC(C)=O)C(=O)N[C@@H](CC(N)=O)C(=O)N[C@@H](CC(C)C)C(=O)N[C@H](C(=O)N[C@@H](C(=O)N[C@@H](CCCN=C(N)N)C(=O)N[C@@H](CCC(N)=O)C(=O)N[C@@H](CCCN=C(N)N)C(=O)N[C@@H](Cc1ccc(O)cc1)C(N)=O)[C@H](C)O)[C@@H](C)CC. The van der Waals surface area contributed by atoms with Gasteiger partial charge in [-0.1, -0.05) is 108 Å². The average Bonchev–Trinajstić information content (AvgIpc) is 0.829. The number of halogens is 2. The zero-order valence-electron chi connectivity index (χ0n) is 61.3. The Kier molecular flexibility index (Phi) is 38.2. The molecule has 0 saturated heterocycles. The van der Waals surface area contributed by atoms with Gasteiger partial charge in [0.1, 0.15) is 71.9 Å². The van der Waals surface area contributed by atoms with Crippen molar-refractivity contribution in [3.05, 3.63) is 93.0 Å². The predicted molar refractivity (Wildman–Crippen MR) is 399 cm³/mol. The minimum atomic E-state index is -1.90. The Labute approximate surface area is 630 Å². The molecule has 3 rings (SSSR count). The van der Waals surface area contributed by atoms with Crippen LogP contribution in [0.2, 0.25) is 10.0 Å². The number of nitrogens with zero attached hydrogens (tertiary/aromatic N) is 2. The number of amides is 13. The Morgan fingerprint density at radius 2 is 0.879 bits per heavy atom. The zero-order valence-corrected chi connectivity index (χ0v) is 62.8. The monoisotopic (exact) mass is 1540 g/mol. The number of nitrogens with one attached hydrogen (secondary N) is 10. The van der Waals surface area contributed by atoms with Gasteiger partial charge in [-0.25, -0.2) is 0 Å². The smallest absolute Gasteiger partial charge is 0.245 e. The maximum atomic E-state index is 14.6. The molecule has 35 nitrogen and oxygen atoms in total. The van der Waals surface area contributed by atoms with Crippen molar-refractivity contribution in [3.8, 4) is 11.5 Å². The van der Waals surface area contributed by atoms with Crippen LogP contribution < -0.4 is 93.3 Å². The number of hydrogen-bond donors (Lipinski definition) is 20. The highest BCUT2D eigenvalue weighted by molar-refractivity contribution is 6.36. The number of primary amides is 3. The summed E-state index contributed by atoms with van der Waals surface area (Å²) in [4.78, 5) is 187. The van der Waals surface area contributed by atoms with Crippen LogP contribution in [0.1, 0.15) is 142 Å². The minimum Gasteiger partial charge on any atom is -0.508 e. The Balaban J connectivity index is 1.94. The number of aliphatic imine (C=N–C) groups is 2. The van der Waals surface area contributed by atoms with Gasteiger partial charge in [0.05, 0.1) is 12.5 Å². The predicted octanol–water partition coefficient (Wildman–Crippen LogP) is -2.10. The summed E-state index contributed by atoms with van der Waals surface area (Å²) in [6, 6.07) is -0.370. The van der Waals surface area contributed by atoms with Crippen LogP contribution in [0, 0.1) is 17.8 Å². The Morgan fingerprint density at radius 1 is 0.467 bits per heavy atom. The molecule has 0 spiro atoms. The Bertz CT molecular complexity index is 3630. The molecule has 0 radical (unpaired) electrons. The number of hydrogen-bond acceptors (Lipinski definition) is 18. The van der Waals surface area contributed by atoms with Gasteiger partial charge in [-0.15, -0.1) is 0 Å². The van der Waals surface area contributed by atoms with Gasteiger partial charge in [0.15, 0.2) is 11.9 Å². The van der Waals surface area contributed by atoms with Crippen LogP contribution in [0.25, 0.3) is 0 Å². The fourth-order valence-electron chi connectivity index (χ4n) is 11.0. The van der Waals surface area contributed by atoms with E-state index in [4.69, 9.17) is 63.3 Å². The van der Waals surface area contributed by atoms with Crippen molar-refractivity contribution >= 4 is 112 Å². The summed E-state index contributed by atoms with van der Waals surface area (Å²) in [6.45, 7) is 12.2. The first kappa shape index (κ1) is 90.7. The van der Waals surface area contributed by atoms with E-state index in [-0.39, 0.29) is 107 Å². The van der Waals surface area contributed by atoms with E-state index in [0.29, 0.717) is 32.3 Å². The lowest BCUT2D eigenvalue weighted by Gasteiger charge is -2.31. The van der Waals surface area contributed by atoms with Crippen molar-refractivity contribution < 1.29 is 77.6 Å².